The van der Waals surface area contributed by atoms with E-state index in [-0.39, 0.29) is 24.3 Å². The normalized spacial score (nSPS) is 15.7. The molecule has 4 N–H and O–H groups in total. The third-order valence-electron chi connectivity index (χ3n) is 8.58. The number of nitrogens with zero attached hydrogens (tertiary/aromatic N) is 4. The van der Waals surface area contributed by atoms with Gasteiger partial charge in [-0.3, -0.25) is 19.4 Å². The lowest BCUT2D eigenvalue weighted by Crippen LogP contribution is -2.59. The lowest BCUT2D eigenvalue weighted by Gasteiger charge is -2.36. The number of rotatable bonds is 12. The molecule has 2 aromatic carbocycles. The lowest BCUT2D eigenvalue weighted by atomic mass is 9.85. The number of nitrogens with one attached hydrogen (secondary N) is 4. The first kappa shape index (κ1) is 36.3. The molecule has 0 aliphatic carbocycles. The Balaban J connectivity index is 1.35. The second-order valence-electron chi connectivity index (χ2n) is 13.2. The number of anilines is 3. The molecule has 14 heteroatoms. The molecular weight excluding hydrogens is 660 g/mol. The van der Waals surface area contributed by atoms with Crippen LogP contribution in [0.5, 0.6) is 11.5 Å². The van der Waals surface area contributed by atoms with Crippen LogP contribution in [0.3, 0.4) is 0 Å². The van der Waals surface area contributed by atoms with Gasteiger partial charge >= 0.3 is 0 Å². The number of amides is 3. The molecule has 1 saturated heterocycles. The number of methoxy groups -OCH3 is 1. The van der Waals surface area contributed by atoms with E-state index in [4.69, 9.17) is 21.1 Å². The SMILES string of the molecule is CN[C@@H](C)C(=O)N[C@H](C(=O)N1CCC[C@H]1C(=O)Nc1cc2c(Nc3ccc(OCc4ccccn4)c(Cl)c3)ncnc2cc1OC)C(C)(C)C. The summed E-state index contributed by atoms with van der Waals surface area (Å²) in [5, 5.41) is 13.1. The smallest absolute Gasteiger partial charge is 0.247 e. The first-order valence-corrected chi connectivity index (χ1v) is 16.8. The highest BCUT2D eigenvalue weighted by atomic mass is 35.5. The summed E-state index contributed by atoms with van der Waals surface area (Å²) in [6, 6.07) is 12.3. The maximum Gasteiger partial charge on any atom is 0.247 e. The first-order chi connectivity index (χ1) is 23.9. The van der Waals surface area contributed by atoms with Crippen molar-refractivity contribution in [3.05, 3.63) is 71.8 Å². The van der Waals surface area contributed by atoms with Crippen LogP contribution < -0.4 is 30.7 Å². The second-order valence-corrected chi connectivity index (χ2v) is 13.6. The van der Waals surface area contributed by atoms with Crippen molar-refractivity contribution >= 4 is 57.4 Å². The highest BCUT2D eigenvalue weighted by molar-refractivity contribution is 6.32. The number of carbonyl (C=O) groups excluding carboxylic acids is 3. The number of hydrogen-bond acceptors (Lipinski definition) is 10. The minimum absolute atomic E-state index is 0.274. The van der Waals surface area contributed by atoms with Crippen molar-refractivity contribution in [2.45, 2.75) is 65.3 Å². The van der Waals surface area contributed by atoms with E-state index in [0.717, 1.165) is 5.69 Å². The summed E-state index contributed by atoms with van der Waals surface area (Å²) in [7, 11) is 3.19. The summed E-state index contributed by atoms with van der Waals surface area (Å²) >= 11 is 6.55. The third-order valence-corrected chi connectivity index (χ3v) is 8.87. The van der Waals surface area contributed by atoms with Crippen LogP contribution in [0.1, 0.15) is 46.2 Å². The van der Waals surface area contributed by atoms with Gasteiger partial charge in [0.15, 0.2) is 0 Å². The van der Waals surface area contributed by atoms with Crippen LogP contribution in [0.25, 0.3) is 10.9 Å². The van der Waals surface area contributed by atoms with Crippen molar-refractivity contribution in [3.8, 4) is 11.5 Å². The van der Waals surface area contributed by atoms with Crippen molar-refractivity contribution in [1.29, 1.82) is 0 Å². The lowest BCUT2D eigenvalue weighted by molar-refractivity contribution is -0.143. The topological polar surface area (TPSA) is 160 Å². The van der Waals surface area contributed by atoms with Gasteiger partial charge in [0.05, 0.1) is 35.1 Å². The van der Waals surface area contributed by atoms with Crippen molar-refractivity contribution in [2.75, 3.05) is 31.3 Å². The maximum atomic E-state index is 13.9. The molecule has 0 radical (unpaired) electrons. The molecule has 50 heavy (non-hydrogen) atoms. The highest BCUT2D eigenvalue weighted by Crippen LogP contribution is 2.35. The standard InChI is InChI=1S/C36H43ClN8O5/c1-21(38-5)33(46)44-31(36(2,3)4)35(48)45-15-9-11-28(45)34(47)43-27-17-24-26(18-30(27)49-6)40-20-41-32(24)42-22-12-13-29(25(37)16-22)50-19-23-10-7-8-14-39-23/h7-8,10,12-14,16-18,20-21,28,31,38H,9,11,15,19H2,1-6H3,(H,43,47)(H,44,46)(H,40,41,42)/t21-,28-,31+/m0/s1. The molecular formula is C36H43ClN8O5. The van der Waals surface area contributed by atoms with Crippen molar-refractivity contribution in [3.63, 3.8) is 0 Å². The number of likely N-dealkylation sites (N-methyl/N-ethyl adjacent to an activating group) is 1. The average Bonchev–Trinajstić information content (AvgIpc) is 3.60. The fraction of sp³-hybridized carbons (Fsp3) is 0.389. The van der Waals surface area contributed by atoms with Gasteiger partial charge in [-0.05, 0) is 68.6 Å². The fourth-order valence-corrected chi connectivity index (χ4v) is 5.88. The summed E-state index contributed by atoms with van der Waals surface area (Å²) in [5.41, 5.74) is 1.82. The van der Waals surface area contributed by atoms with Gasteiger partial charge in [0.2, 0.25) is 17.7 Å². The molecule has 5 rings (SSSR count). The Bertz CT molecular complexity index is 1850. The number of hydrogen-bond donors (Lipinski definition) is 4. The molecule has 13 nitrogen and oxygen atoms in total. The molecule has 0 unspecified atom stereocenters. The molecule has 1 fully saturated rings. The van der Waals surface area contributed by atoms with E-state index >= 15 is 0 Å². The minimum Gasteiger partial charge on any atom is -0.494 e. The van der Waals surface area contributed by atoms with Crippen LogP contribution in [-0.2, 0) is 21.0 Å². The zero-order valence-electron chi connectivity index (χ0n) is 29.0. The van der Waals surface area contributed by atoms with Crippen LogP contribution in [0, 0.1) is 5.41 Å². The quantitative estimate of drug-likeness (QED) is 0.157. The highest BCUT2D eigenvalue weighted by Gasteiger charge is 2.42. The number of carbonyl (C=O) groups is 3. The Morgan fingerprint density at radius 3 is 2.54 bits per heavy atom. The van der Waals surface area contributed by atoms with Gasteiger partial charge in [-0.15, -0.1) is 0 Å². The number of halogens is 1. The Kier molecular flexibility index (Phi) is 11.4. The minimum atomic E-state index is -0.824. The molecule has 0 bridgehead atoms. The number of fused-ring (bicyclic) bond motifs is 1. The summed E-state index contributed by atoms with van der Waals surface area (Å²) in [4.78, 5) is 55.2. The largest absolute Gasteiger partial charge is 0.494 e. The second kappa shape index (κ2) is 15.7. The molecule has 3 heterocycles. The van der Waals surface area contributed by atoms with Gasteiger partial charge in [-0.2, -0.15) is 0 Å². The van der Waals surface area contributed by atoms with Crippen LogP contribution in [0.15, 0.2) is 61.1 Å². The molecule has 3 atom stereocenters. The van der Waals surface area contributed by atoms with Crippen LogP contribution in [0.4, 0.5) is 17.2 Å². The van der Waals surface area contributed by atoms with E-state index in [1.165, 1.54) is 13.4 Å². The third kappa shape index (κ3) is 8.40. The fourth-order valence-electron chi connectivity index (χ4n) is 5.65. The van der Waals surface area contributed by atoms with E-state index in [1.807, 2.05) is 45.0 Å². The Morgan fingerprint density at radius 2 is 1.86 bits per heavy atom. The van der Waals surface area contributed by atoms with E-state index in [0.29, 0.717) is 64.0 Å². The number of ether oxygens (including phenoxy) is 2. The zero-order chi connectivity index (χ0) is 36.0. The molecule has 2 aromatic heterocycles. The number of benzene rings is 2. The van der Waals surface area contributed by atoms with E-state index < -0.39 is 23.5 Å². The Hall–Kier alpha value is -5.01. The summed E-state index contributed by atoms with van der Waals surface area (Å²) in [6.07, 6.45) is 4.25. The molecule has 1 aliphatic heterocycles. The predicted molar refractivity (Wildman–Crippen MR) is 193 cm³/mol. The van der Waals surface area contributed by atoms with Crippen LogP contribution >= 0.6 is 11.6 Å². The van der Waals surface area contributed by atoms with Crippen molar-refractivity contribution < 1.29 is 23.9 Å². The molecule has 3 amide bonds. The molecule has 0 spiro atoms. The number of pyridine rings is 1. The molecule has 264 valence electrons. The van der Waals surface area contributed by atoms with Gasteiger partial charge < -0.3 is 35.6 Å². The summed E-state index contributed by atoms with van der Waals surface area (Å²) in [5.74, 6) is 0.418. The van der Waals surface area contributed by atoms with Gasteiger partial charge in [-0.1, -0.05) is 38.4 Å². The van der Waals surface area contributed by atoms with Crippen LogP contribution in [-0.4, -0.2) is 76.4 Å². The van der Waals surface area contributed by atoms with Gasteiger partial charge in [0.1, 0.15) is 42.3 Å². The van der Waals surface area contributed by atoms with E-state index in [1.54, 1.807) is 49.3 Å². The van der Waals surface area contributed by atoms with Gasteiger partial charge in [-0.25, -0.2) is 9.97 Å². The number of aromatic nitrogens is 3. The van der Waals surface area contributed by atoms with Crippen molar-refractivity contribution in [2.24, 2.45) is 5.41 Å². The van der Waals surface area contributed by atoms with Crippen LogP contribution in [0.2, 0.25) is 5.02 Å². The van der Waals surface area contributed by atoms with Gasteiger partial charge in [0, 0.05) is 29.9 Å². The predicted octanol–water partition coefficient (Wildman–Crippen LogP) is 5.08. The Labute approximate surface area is 296 Å². The first-order valence-electron chi connectivity index (χ1n) is 16.4. The van der Waals surface area contributed by atoms with Gasteiger partial charge in [0.25, 0.3) is 0 Å². The summed E-state index contributed by atoms with van der Waals surface area (Å²) < 4.78 is 11.5. The summed E-state index contributed by atoms with van der Waals surface area (Å²) in [6.45, 7) is 8.06. The zero-order valence-corrected chi connectivity index (χ0v) is 29.8. The average molecular weight is 703 g/mol. The molecule has 0 saturated carbocycles. The molecule has 4 aromatic rings. The maximum absolute atomic E-state index is 13.9. The Morgan fingerprint density at radius 1 is 1.06 bits per heavy atom. The monoisotopic (exact) mass is 702 g/mol. The van der Waals surface area contributed by atoms with E-state index in [9.17, 15) is 14.4 Å². The number of likely N-dealkylation sites (tertiary alicyclic amines) is 1. The van der Waals surface area contributed by atoms with E-state index in [2.05, 4.69) is 36.2 Å². The van der Waals surface area contributed by atoms with Crippen molar-refractivity contribution in [1.82, 2.24) is 30.5 Å². The molecule has 1 aliphatic rings.